The van der Waals surface area contributed by atoms with Gasteiger partial charge in [-0.25, -0.2) is 4.98 Å². The van der Waals surface area contributed by atoms with E-state index in [4.69, 9.17) is 5.11 Å². The molecule has 1 saturated heterocycles. The van der Waals surface area contributed by atoms with Crippen LogP contribution in [0, 0.1) is 5.92 Å². The summed E-state index contributed by atoms with van der Waals surface area (Å²) in [6.07, 6.45) is 2.17. The number of aromatic nitrogens is 1. The molecule has 1 fully saturated rings. The van der Waals surface area contributed by atoms with Crippen LogP contribution in [0.5, 0.6) is 0 Å². The van der Waals surface area contributed by atoms with Gasteiger partial charge in [0, 0.05) is 37.2 Å². The van der Waals surface area contributed by atoms with Gasteiger partial charge in [-0.2, -0.15) is 0 Å². The molecule has 2 atom stereocenters. The van der Waals surface area contributed by atoms with Crippen molar-refractivity contribution in [3.05, 3.63) is 11.6 Å². The largest absolute Gasteiger partial charge is 0.396 e. The van der Waals surface area contributed by atoms with E-state index in [2.05, 4.69) is 9.88 Å². The minimum absolute atomic E-state index is 0.0335. The van der Waals surface area contributed by atoms with Crippen LogP contribution in [0.25, 0.3) is 0 Å². The molecule has 1 aromatic heterocycles. The lowest BCUT2D eigenvalue weighted by Crippen LogP contribution is -2.45. The van der Waals surface area contributed by atoms with Crippen molar-refractivity contribution in [1.29, 1.82) is 0 Å². The standard InChI is InChI=1S/C9H14N2O2S/c12-6-7-1-3-11(5-8(7)13)9-10-2-4-14-9/h2,4,7-8,12-13H,1,3,5-6H2/t7-,8-/m1/s1. The second-order valence-corrected chi connectivity index (χ2v) is 4.43. The minimum atomic E-state index is -0.433. The summed E-state index contributed by atoms with van der Waals surface area (Å²) in [5, 5.41) is 21.6. The normalized spacial score (nSPS) is 28.0. The molecule has 1 aliphatic rings. The SMILES string of the molecule is OC[C@H]1CCN(c2nccs2)C[C@H]1O. The van der Waals surface area contributed by atoms with Crippen molar-refractivity contribution in [3.63, 3.8) is 0 Å². The average Bonchev–Trinajstić information content (AvgIpc) is 2.70. The number of thiazole rings is 1. The number of hydrogen-bond donors (Lipinski definition) is 2. The fraction of sp³-hybridized carbons (Fsp3) is 0.667. The number of piperidine rings is 1. The maximum atomic E-state index is 9.71. The van der Waals surface area contributed by atoms with Gasteiger partial charge in [0.05, 0.1) is 6.10 Å². The summed E-state index contributed by atoms with van der Waals surface area (Å²) in [4.78, 5) is 6.27. The Kier molecular flexibility index (Phi) is 3.00. The average molecular weight is 214 g/mol. The number of aliphatic hydroxyl groups is 2. The second-order valence-electron chi connectivity index (χ2n) is 3.56. The molecule has 4 nitrogen and oxygen atoms in total. The highest BCUT2D eigenvalue weighted by Crippen LogP contribution is 2.24. The van der Waals surface area contributed by atoms with Gasteiger partial charge in [0.25, 0.3) is 0 Å². The van der Waals surface area contributed by atoms with Gasteiger partial charge in [0.1, 0.15) is 0 Å². The Bertz CT molecular complexity index is 278. The monoisotopic (exact) mass is 214 g/mol. The molecule has 78 valence electrons. The van der Waals surface area contributed by atoms with E-state index in [0.29, 0.717) is 6.54 Å². The number of nitrogens with zero attached hydrogens (tertiary/aromatic N) is 2. The molecule has 1 aromatic rings. The first-order valence-electron chi connectivity index (χ1n) is 4.74. The van der Waals surface area contributed by atoms with Gasteiger partial charge < -0.3 is 15.1 Å². The predicted molar refractivity (Wildman–Crippen MR) is 55.5 cm³/mol. The third kappa shape index (κ3) is 1.89. The van der Waals surface area contributed by atoms with Crippen molar-refractivity contribution in [1.82, 2.24) is 4.98 Å². The topological polar surface area (TPSA) is 56.6 Å². The van der Waals surface area contributed by atoms with Crippen LogP contribution in [0.1, 0.15) is 6.42 Å². The molecule has 0 unspecified atom stereocenters. The van der Waals surface area contributed by atoms with Crippen LogP contribution >= 0.6 is 11.3 Å². The fourth-order valence-electron chi connectivity index (χ4n) is 1.74. The van der Waals surface area contributed by atoms with Crippen LogP contribution in [0.3, 0.4) is 0 Å². The van der Waals surface area contributed by atoms with Gasteiger partial charge in [-0.3, -0.25) is 0 Å². The molecule has 0 radical (unpaired) electrons. The van der Waals surface area contributed by atoms with Crippen molar-refractivity contribution in [2.24, 2.45) is 5.92 Å². The van der Waals surface area contributed by atoms with E-state index in [1.807, 2.05) is 5.38 Å². The molecule has 0 spiro atoms. The zero-order valence-corrected chi connectivity index (χ0v) is 8.65. The Balaban J connectivity index is 1.99. The minimum Gasteiger partial charge on any atom is -0.396 e. The molecule has 0 bridgehead atoms. The summed E-state index contributed by atoms with van der Waals surface area (Å²) in [5.41, 5.74) is 0. The summed E-state index contributed by atoms with van der Waals surface area (Å²) >= 11 is 1.58. The highest BCUT2D eigenvalue weighted by atomic mass is 32.1. The van der Waals surface area contributed by atoms with E-state index in [9.17, 15) is 5.11 Å². The Morgan fingerprint density at radius 1 is 1.64 bits per heavy atom. The summed E-state index contributed by atoms with van der Waals surface area (Å²) in [6.45, 7) is 1.53. The molecular weight excluding hydrogens is 200 g/mol. The van der Waals surface area contributed by atoms with Crippen molar-refractivity contribution in [2.75, 3.05) is 24.6 Å². The molecule has 2 rings (SSSR count). The predicted octanol–water partition coefficient (Wildman–Crippen LogP) is 0.323. The fourth-order valence-corrected chi connectivity index (χ4v) is 2.42. The maximum absolute atomic E-state index is 9.71. The summed E-state index contributed by atoms with van der Waals surface area (Å²) in [6, 6.07) is 0. The lowest BCUT2D eigenvalue weighted by atomic mass is 9.95. The van der Waals surface area contributed by atoms with Gasteiger partial charge in [-0.05, 0) is 6.42 Å². The van der Waals surface area contributed by atoms with Crippen LogP contribution in [-0.2, 0) is 0 Å². The molecule has 0 amide bonds. The zero-order valence-electron chi connectivity index (χ0n) is 7.83. The molecule has 5 heteroatoms. The van der Waals surface area contributed by atoms with Gasteiger partial charge >= 0.3 is 0 Å². The molecule has 0 aliphatic carbocycles. The maximum Gasteiger partial charge on any atom is 0.185 e. The van der Waals surface area contributed by atoms with Crippen molar-refractivity contribution >= 4 is 16.5 Å². The lowest BCUT2D eigenvalue weighted by molar-refractivity contribution is 0.0548. The van der Waals surface area contributed by atoms with Crippen LogP contribution in [0.2, 0.25) is 0 Å². The third-order valence-corrected chi connectivity index (χ3v) is 3.48. The number of anilines is 1. The van der Waals surface area contributed by atoms with E-state index in [-0.39, 0.29) is 12.5 Å². The molecule has 1 aliphatic heterocycles. The highest BCUT2D eigenvalue weighted by Gasteiger charge is 2.27. The van der Waals surface area contributed by atoms with E-state index in [1.54, 1.807) is 17.5 Å². The molecule has 0 aromatic carbocycles. The van der Waals surface area contributed by atoms with Gasteiger partial charge in [0.15, 0.2) is 5.13 Å². The van der Waals surface area contributed by atoms with Crippen LogP contribution in [0.15, 0.2) is 11.6 Å². The first-order chi connectivity index (χ1) is 6.81. The first kappa shape index (κ1) is 9.89. The summed E-state index contributed by atoms with van der Waals surface area (Å²) < 4.78 is 0. The van der Waals surface area contributed by atoms with E-state index in [1.165, 1.54) is 0 Å². The number of aliphatic hydroxyl groups excluding tert-OH is 2. The summed E-state index contributed by atoms with van der Waals surface area (Å²) in [7, 11) is 0. The number of β-amino-alcohol motifs (C(OH)–C–C–N with tert-alkyl or cyclic N) is 1. The molecule has 14 heavy (non-hydrogen) atoms. The molecule has 0 saturated carbocycles. The number of hydrogen-bond acceptors (Lipinski definition) is 5. The molecule has 2 N–H and O–H groups in total. The Labute approximate surface area is 86.8 Å². The van der Waals surface area contributed by atoms with E-state index in [0.717, 1.165) is 18.1 Å². The zero-order chi connectivity index (χ0) is 9.97. The van der Waals surface area contributed by atoms with Gasteiger partial charge in [0.2, 0.25) is 0 Å². The van der Waals surface area contributed by atoms with E-state index < -0.39 is 6.10 Å². The van der Waals surface area contributed by atoms with Crippen LogP contribution in [-0.4, -0.2) is 41.0 Å². The smallest absolute Gasteiger partial charge is 0.185 e. The quantitative estimate of drug-likeness (QED) is 0.744. The lowest BCUT2D eigenvalue weighted by Gasteiger charge is -2.34. The van der Waals surface area contributed by atoms with Crippen LogP contribution < -0.4 is 4.90 Å². The molecule has 2 heterocycles. The van der Waals surface area contributed by atoms with Crippen molar-refractivity contribution in [2.45, 2.75) is 12.5 Å². The van der Waals surface area contributed by atoms with Crippen LogP contribution in [0.4, 0.5) is 5.13 Å². The van der Waals surface area contributed by atoms with Crippen molar-refractivity contribution < 1.29 is 10.2 Å². The molecular formula is C9H14N2O2S. The number of rotatable bonds is 2. The van der Waals surface area contributed by atoms with E-state index >= 15 is 0 Å². The summed E-state index contributed by atoms with van der Waals surface area (Å²) in [5.74, 6) is 0.0335. The van der Waals surface area contributed by atoms with Crippen molar-refractivity contribution in [3.8, 4) is 0 Å². The Morgan fingerprint density at radius 2 is 2.50 bits per heavy atom. The second kappa shape index (κ2) is 4.25. The first-order valence-corrected chi connectivity index (χ1v) is 5.62. The van der Waals surface area contributed by atoms with Gasteiger partial charge in [-0.15, -0.1) is 11.3 Å². The van der Waals surface area contributed by atoms with Gasteiger partial charge in [-0.1, -0.05) is 0 Å². The third-order valence-electron chi connectivity index (χ3n) is 2.65. The highest BCUT2D eigenvalue weighted by molar-refractivity contribution is 7.13. The Hall–Kier alpha value is -0.650. The Morgan fingerprint density at radius 3 is 3.07 bits per heavy atom.